The van der Waals surface area contributed by atoms with Crippen LogP contribution in [0.2, 0.25) is 0 Å². The Morgan fingerprint density at radius 2 is 1.69 bits per heavy atom. The molecular weight excluding hydrogens is 502 g/mol. The quantitative estimate of drug-likeness (QED) is 0.260. The van der Waals surface area contributed by atoms with E-state index in [4.69, 9.17) is 14.2 Å². The highest BCUT2D eigenvalue weighted by molar-refractivity contribution is 6.01. The van der Waals surface area contributed by atoms with Gasteiger partial charge in [0, 0.05) is 23.8 Å². The number of nitro benzene ring substituents is 1. The number of carbonyl (C=O) groups is 1. The lowest BCUT2D eigenvalue weighted by atomic mass is 9.78. The number of Topliss-reactive ketones (excluding diaryl/α,β-unsaturated/α-hetero) is 1. The van der Waals surface area contributed by atoms with Crippen LogP contribution in [0.3, 0.4) is 0 Å². The predicted octanol–water partition coefficient (Wildman–Crippen LogP) is 5.70. The Balaban J connectivity index is 1.63. The van der Waals surface area contributed by atoms with Crippen LogP contribution in [0.15, 0.2) is 65.9 Å². The molecule has 39 heavy (non-hydrogen) atoms. The summed E-state index contributed by atoms with van der Waals surface area (Å²) >= 11 is 0. The maximum atomic E-state index is 13.9. The third-order valence-electron chi connectivity index (χ3n) is 7.10. The second-order valence-electron chi connectivity index (χ2n) is 9.36. The number of nitrogens with zero attached hydrogens (tertiary/aromatic N) is 1. The van der Waals surface area contributed by atoms with Gasteiger partial charge >= 0.3 is 5.69 Å². The predicted molar refractivity (Wildman–Crippen MR) is 146 cm³/mol. The lowest BCUT2D eigenvalue weighted by Gasteiger charge is -2.30. The van der Waals surface area contributed by atoms with E-state index in [9.17, 15) is 20.0 Å². The normalized spacial score (nSPS) is 18.2. The highest BCUT2D eigenvalue weighted by Crippen LogP contribution is 2.47. The van der Waals surface area contributed by atoms with Crippen LogP contribution in [0.1, 0.15) is 42.9 Å². The fraction of sp³-hybridized carbons (Fsp3) is 0.276. The Kier molecular flexibility index (Phi) is 7.02. The number of methoxy groups -OCH3 is 2. The van der Waals surface area contributed by atoms with E-state index in [-0.39, 0.29) is 30.5 Å². The van der Waals surface area contributed by atoms with Gasteiger partial charge in [0.2, 0.25) is 5.75 Å². The Bertz CT molecular complexity index is 1480. The number of rotatable bonds is 7. The number of fused-ring (bicyclic) bond motifs is 1. The molecule has 0 saturated carbocycles. The smallest absolute Gasteiger partial charge is 0.315 e. The summed E-state index contributed by atoms with van der Waals surface area (Å²) in [6.45, 7) is 1.93. The van der Waals surface area contributed by atoms with Gasteiger partial charge in [-0.05, 0) is 60.7 Å². The number of allylic oxidation sites excluding steroid dienone is 1. The summed E-state index contributed by atoms with van der Waals surface area (Å²) in [7, 11) is 3.14. The summed E-state index contributed by atoms with van der Waals surface area (Å²) in [4.78, 5) is 25.0. The Labute approximate surface area is 225 Å². The van der Waals surface area contributed by atoms with Gasteiger partial charge in [-0.2, -0.15) is 0 Å². The molecule has 10 heteroatoms. The number of ketones is 1. The summed E-state index contributed by atoms with van der Waals surface area (Å²) < 4.78 is 16.4. The molecule has 1 aliphatic carbocycles. The summed E-state index contributed by atoms with van der Waals surface area (Å²) in [6, 6.07) is 15.3. The van der Waals surface area contributed by atoms with E-state index in [2.05, 4.69) is 10.6 Å². The molecule has 0 radical (unpaired) electrons. The van der Waals surface area contributed by atoms with E-state index < -0.39 is 22.4 Å². The molecule has 3 aromatic carbocycles. The van der Waals surface area contributed by atoms with Crippen molar-refractivity contribution in [2.24, 2.45) is 0 Å². The minimum absolute atomic E-state index is 0.0115. The highest BCUT2D eigenvalue weighted by Gasteiger charge is 2.37. The number of phenolic OH excluding ortho intramolecular Hbond substituents is 1. The topological polar surface area (TPSA) is 132 Å². The summed E-state index contributed by atoms with van der Waals surface area (Å²) in [5, 5.41) is 29.1. The lowest BCUT2D eigenvalue weighted by Crippen LogP contribution is -2.27. The molecule has 0 bridgehead atoms. The summed E-state index contributed by atoms with van der Waals surface area (Å²) in [5.74, 6) is 0.414. The first-order valence-corrected chi connectivity index (χ1v) is 12.6. The first-order valence-electron chi connectivity index (χ1n) is 12.6. The number of hydrogen-bond donors (Lipinski definition) is 3. The van der Waals surface area contributed by atoms with E-state index in [0.29, 0.717) is 29.1 Å². The molecule has 202 valence electrons. The number of hydrogen-bond acceptors (Lipinski definition) is 9. The van der Waals surface area contributed by atoms with E-state index in [0.717, 1.165) is 22.6 Å². The number of benzene rings is 3. The average Bonchev–Trinajstić information content (AvgIpc) is 3.10. The molecular formula is C29H29N3O7. The van der Waals surface area contributed by atoms with Gasteiger partial charge in [0.15, 0.2) is 23.0 Å². The molecule has 0 aromatic heterocycles. The van der Waals surface area contributed by atoms with Crippen molar-refractivity contribution in [1.29, 1.82) is 0 Å². The van der Waals surface area contributed by atoms with Crippen LogP contribution >= 0.6 is 0 Å². The fourth-order valence-corrected chi connectivity index (χ4v) is 5.27. The van der Waals surface area contributed by atoms with Gasteiger partial charge in [0.1, 0.15) is 0 Å². The van der Waals surface area contributed by atoms with Crippen LogP contribution in [-0.4, -0.2) is 36.6 Å². The molecule has 0 saturated heterocycles. The zero-order chi connectivity index (χ0) is 27.7. The highest BCUT2D eigenvalue weighted by atomic mass is 16.6. The molecule has 5 rings (SSSR count). The van der Waals surface area contributed by atoms with Crippen molar-refractivity contribution in [1.82, 2.24) is 0 Å². The van der Waals surface area contributed by atoms with Gasteiger partial charge in [-0.1, -0.05) is 18.2 Å². The number of ether oxygens (including phenoxy) is 3. The molecule has 3 N–H and O–H groups in total. The van der Waals surface area contributed by atoms with Crippen LogP contribution in [0.4, 0.5) is 17.1 Å². The van der Waals surface area contributed by atoms with Crippen LogP contribution in [0.5, 0.6) is 23.0 Å². The molecule has 3 aromatic rings. The van der Waals surface area contributed by atoms with Crippen molar-refractivity contribution in [2.45, 2.75) is 31.7 Å². The third kappa shape index (κ3) is 4.81. The van der Waals surface area contributed by atoms with E-state index >= 15 is 0 Å². The van der Waals surface area contributed by atoms with Gasteiger partial charge in [-0.15, -0.1) is 0 Å². The van der Waals surface area contributed by atoms with E-state index in [1.54, 1.807) is 27.2 Å². The molecule has 1 heterocycles. The van der Waals surface area contributed by atoms with Crippen molar-refractivity contribution in [2.75, 3.05) is 31.5 Å². The van der Waals surface area contributed by atoms with Crippen LogP contribution in [-0.2, 0) is 4.79 Å². The van der Waals surface area contributed by atoms with Gasteiger partial charge in [-0.25, -0.2) is 0 Å². The second kappa shape index (κ2) is 10.6. The lowest BCUT2D eigenvalue weighted by molar-refractivity contribution is -0.386. The molecule has 0 spiro atoms. The summed E-state index contributed by atoms with van der Waals surface area (Å²) in [5.41, 5.74) is 3.62. The Morgan fingerprint density at radius 1 is 0.974 bits per heavy atom. The zero-order valence-electron chi connectivity index (χ0n) is 21.8. The monoisotopic (exact) mass is 531 g/mol. The molecule has 0 fully saturated rings. The minimum Gasteiger partial charge on any atom is -0.500 e. The maximum absolute atomic E-state index is 13.9. The Hall–Kier alpha value is -4.73. The zero-order valence-corrected chi connectivity index (χ0v) is 21.8. The third-order valence-corrected chi connectivity index (χ3v) is 7.10. The van der Waals surface area contributed by atoms with Crippen LogP contribution in [0, 0.1) is 10.1 Å². The number of anilines is 2. The van der Waals surface area contributed by atoms with Gasteiger partial charge in [0.25, 0.3) is 0 Å². The minimum atomic E-state index is -0.714. The molecule has 0 unspecified atom stereocenters. The SMILES string of the molecule is CCOc1cc([C@H]2Nc3ccccc3NC3=C2C(=O)C[C@H](c2ccc(OC)c(OC)c2)C3)cc([N+](=O)[O-])c1O. The number of nitrogens with one attached hydrogen (secondary N) is 2. The van der Waals surface area contributed by atoms with E-state index in [1.807, 2.05) is 42.5 Å². The molecule has 0 amide bonds. The van der Waals surface area contributed by atoms with Crippen molar-refractivity contribution in [3.63, 3.8) is 0 Å². The Morgan fingerprint density at radius 3 is 2.38 bits per heavy atom. The second-order valence-corrected chi connectivity index (χ2v) is 9.36. The van der Waals surface area contributed by atoms with Crippen molar-refractivity contribution >= 4 is 22.8 Å². The van der Waals surface area contributed by atoms with Crippen LogP contribution < -0.4 is 24.8 Å². The first-order chi connectivity index (χ1) is 18.8. The van der Waals surface area contributed by atoms with Crippen molar-refractivity contribution in [3.05, 3.63) is 87.1 Å². The molecule has 2 aliphatic rings. The first kappa shape index (κ1) is 25.9. The average molecular weight is 532 g/mol. The number of para-hydroxylation sites is 2. The van der Waals surface area contributed by atoms with Crippen LogP contribution in [0.25, 0.3) is 0 Å². The van der Waals surface area contributed by atoms with E-state index in [1.165, 1.54) is 6.07 Å². The van der Waals surface area contributed by atoms with Crippen molar-refractivity contribution in [3.8, 4) is 23.0 Å². The van der Waals surface area contributed by atoms with Gasteiger partial charge in [0.05, 0.1) is 43.2 Å². The van der Waals surface area contributed by atoms with Gasteiger partial charge in [-0.3, -0.25) is 14.9 Å². The molecule has 10 nitrogen and oxygen atoms in total. The maximum Gasteiger partial charge on any atom is 0.315 e. The number of phenols is 1. The van der Waals surface area contributed by atoms with Gasteiger partial charge < -0.3 is 30.0 Å². The number of aromatic hydroxyl groups is 1. The van der Waals surface area contributed by atoms with Crippen molar-refractivity contribution < 1.29 is 29.0 Å². The largest absolute Gasteiger partial charge is 0.500 e. The number of nitro groups is 1. The fourth-order valence-electron chi connectivity index (χ4n) is 5.27. The number of carbonyl (C=O) groups excluding carboxylic acids is 1. The standard InChI is InChI=1S/C29H29N3O7/c1-4-39-26-15-18(12-22(29(26)34)32(35)36)28-27-21(30-19-7-5-6-8-20(19)31-28)11-17(13-23(27)33)16-9-10-24(37-2)25(14-16)38-3/h5-10,12,14-15,17,28,30-31,34H,4,11,13H2,1-3H3/t17-,28-/m1/s1. The molecule has 2 atom stereocenters. The summed E-state index contributed by atoms with van der Waals surface area (Å²) in [6.07, 6.45) is 0.768. The molecule has 1 aliphatic heterocycles.